The summed E-state index contributed by atoms with van der Waals surface area (Å²) < 4.78 is 5.36. The molecule has 1 fully saturated rings. The average molecular weight is 350 g/mol. The minimum atomic E-state index is -0.999. The van der Waals surface area contributed by atoms with Crippen molar-refractivity contribution in [3.63, 3.8) is 0 Å². The molecule has 1 aliphatic carbocycles. The average Bonchev–Trinajstić information content (AvgIpc) is 2.55. The van der Waals surface area contributed by atoms with Crippen molar-refractivity contribution in [3.05, 3.63) is 35.4 Å². The summed E-state index contributed by atoms with van der Waals surface area (Å²) in [6, 6.07) is 6.72. The van der Waals surface area contributed by atoms with E-state index in [-0.39, 0.29) is 6.10 Å². The van der Waals surface area contributed by atoms with E-state index in [2.05, 4.69) is 35.6 Å². The summed E-state index contributed by atoms with van der Waals surface area (Å²) in [7, 11) is 0. The lowest BCUT2D eigenvalue weighted by molar-refractivity contribution is -0.453. The molecule has 3 atom stereocenters. The number of carbonyl (C=O) groups excluding carboxylic acids is 2. The highest BCUT2D eigenvalue weighted by molar-refractivity contribution is 5.88. The van der Waals surface area contributed by atoms with Gasteiger partial charge in [0.1, 0.15) is 6.10 Å². The molecule has 0 aliphatic heterocycles. The van der Waals surface area contributed by atoms with Crippen LogP contribution in [0, 0.1) is 24.7 Å². The van der Waals surface area contributed by atoms with E-state index in [0.29, 0.717) is 23.3 Å². The Kier molecular flexibility index (Phi) is 6.82. The first-order chi connectivity index (χ1) is 11.9. The fourth-order valence-electron chi connectivity index (χ4n) is 3.21. The third-order valence-electron chi connectivity index (χ3n) is 4.71. The first-order valence-electron chi connectivity index (χ1n) is 8.69. The lowest BCUT2D eigenvalue weighted by atomic mass is 9.75. The van der Waals surface area contributed by atoms with Gasteiger partial charge in [-0.15, -0.1) is 0 Å². The summed E-state index contributed by atoms with van der Waals surface area (Å²) in [4.78, 5) is 32.4. The zero-order valence-corrected chi connectivity index (χ0v) is 15.2. The Labute approximate surface area is 148 Å². The van der Waals surface area contributed by atoms with Crippen molar-refractivity contribution < 1.29 is 29.1 Å². The van der Waals surface area contributed by atoms with E-state index >= 15 is 0 Å². The van der Waals surface area contributed by atoms with Gasteiger partial charge in [-0.25, -0.2) is 14.5 Å². The second-order valence-corrected chi connectivity index (χ2v) is 7.12. The quantitative estimate of drug-likeness (QED) is 0.439. The fourth-order valence-corrected chi connectivity index (χ4v) is 3.21. The summed E-state index contributed by atoms with van der Waals surface area (Å²) in [6.07, 6.45) is 1.72. The molecule has 0 N–H and O–H groups in total. The number of benzene rings is 1. The van der Waals surface area contributed by atoms with Crippen LogP contribution in [0.15, 0.2) is 24.3 Å². The molecule has 25 heavy (non-hydrogen) atoms. The molecule has 2 rings (SSSR count). The van der Waals surface area contributed by atoms with E-state index in [0.717, 1.165) is 24.8 Å². The van der Waals surface area contributed by atoms with E-state index < -0.39 is 12.1 Å². The highest BCUT2D eigenvalue weighted by Crippen LogP contribution is 2.35. The van der Waals surface area contributed by atoms with Gasteiger partial charge in [0, 0.05) is 0 Å². The third-order valence-corrected chi connectivity index (χ3v) is 4.71. The van der Waals surface area contributed by atoms with E-state index in [1.54, 1.807) is 24.3 Å². The largest absolute Gasteiger partial charge is 0.543 e. The fraction of sp³-hybridized carbons (Fsp3) is 0.579. The molecular weight excluding hydrogens is 324 g/mol. The Morgan fingerprint density at radius 1 is 1.08 bits per heavy atom. The van der Waals surface area contributed by atoms with Gasteiger partial charge in [0.05, 0.1) is 10.6 Å². The van der Waals surface area contributed by atoms with Crippen molar-refractivity contribution in [1.29, 1.82) is 0 Å². The Bertz CT molecular complexity index is 580. The SMILES string of the molecule is Cc1ccc(C(=O)OOOC(=O)OC2CC(C)CCC2C(C)C)cc1. The molecule has 3 unspecified atom stereocenters. The molecule has 6 nitrogen and oxygen atoms in total. The Morgan fingerprint density at radius 3 is 2.40 bits per heavy atom. The molecule has 0 amide bonds. The van der Waals surface area contributed by atoms with Gasteiger partial charge in [0.2, 0.25) is 0 Å². The summed E-state index contributed by atoms with van der Waals surface area (Å²) in [6.45, 7) is 8.27. The van der Waals surface area contributed by atoms with Crippen LogP contribution in [0.25, 0.3) is 0 Å². The van der Waals surface area contributed by atoms with Gasteiger partial charge in [-0.2, -0.15) is 0 Å². The molecule has 0 saturated heterocycles. The van der Waals surface area contributed by atoms with Crippen LogP contribution >= 0.6 is 0 Å². The van der Waals surface area contributed by atoms with Gasteiger partial charge in [-0.3, -0.25) is 4.89 Å². The van der Waals surface area contributed by atoms with E-state index in [9.17, 15) is 9.59 Å². The van der Waals surface area contributed by atoms with Crippen molar-refractivity contribution in [2.75, 3.05) is 0 Å². The van der Waals surface area contributed by atoms with Gasteiger partial charge in [-0.1, -0.05) is 44.9 Å². The summed E-state index contributed by atoms with van der Waals surface area (Å²) in [5.41, 5.74) is 1.31. The summed E-state index contributed by atoms with van der Waals surface area (Å²) >= 11 is 0. The predicted molar refractivity (Wildman–Crippen MR) is 90.4 cm³/mol. The van der Waals surface area contributed by atoms with Crippen LogP contribution in [-0.2, 0) is 19.6 Å². The molecule has 138 valence electrons. The van der Waals surface area contributed by atoms with E-state index in [4.69, 9.17) is 4.74 Å². The highest BCUT2D eigenvalue weighted by atomic mass is 17.5. The zero-order valence-electron chi connectivity index (χ0n) is 15.2. The monoisotopic (exact) mass is 350 g/mol. The second-order valence-electron chi connectivity index (χ2n) is 7.12. The Morgan fingerprint density at radius 2 is 1.76 bits per heavy atom. The first kappa shape index (κ1) is 19.2. The normalized spacial score (nSPS) is 23.2. The summed E-state index contributed by atoms with van der Waals surface area (Å²) in [5.74, 6) is 0.441. The van der Waals surface area contributed by atoms with Gasteiger partial charge >= 0.3 is 12.1 Å². The van der Waals surface area contributed by atoms with Crippen LogP contribution in [0.1, 0.15) is 56.0 Å². The van der Waals surface area contributed by atoms with E-state index in [1.165, 1.54) is 0 Å². The lowest BCUT2D eigenvalue weighted by Gasteiger charge is -2.36. The van der Waals surface area contributed by atoms with Crippen LogP contribution in [0.4, 0.5) is 4.79 Å². The van der Waals surface area contributed by atoms with Crippen LogP contribution in [0.2, 0.25) is 0 Å². The Balaban J connectivity index is 1.77. The number of carbonyl (C=O) groups is 2. The van der Waals surface area contributed by atoms with Crippen LogP contribution < -0.4 is 0 Å². The van der Waals surface area contributed by atoms with Crippen LogP contribution in [0.3, 0.4) is 0 Å². The second kappa shape index (κ2) is 8.85. The van der Waals surface area contributed by atoms with Gasteiger partial charge in [0.15, 0.2) is 0 Å². The maximum absolute atomic E-state index is 11.8. The molecule has 0 heterocycles. The number of aryl methyl sites for hydroxylation is 1. The van der Waals surface area contributed by atoms with Crippen molar-refractivity contribution >= 4 is 12.1 Å². The Hall–Kier alpha value is -2.08. The summed E-state index contributed by atoms with van der Waals surface area (Å²) in [5, 5.41) is 4.28. The van der Waals surface area contributed by atoms with Crippen molar-refractivity contribution in [3.8, 4) is 0 Å². The maximum Gasteiger partial charge on any atom is 0.543 e. The molecular formula is C19H26O6. The van der Waals surface area contributed by atoms with Crippen molar-refractivity contribution in [2.45, 2.75) is 53.1 Å². The molecule has 1 aromatic rings. The molecule has 1 aliphatic rings. The topological polar surface area (TPSA) is 71.1 Å². The molecule has 0 spiro atoms. The number of hydrogen-bond acceptors (Lipinski definition) is 6. The molecule has 6 heteroatoms. The molecule has 0 bridgehead atoms. The highest BCUT2D eigenvalue weighted by Gasteiger charge is 2.34. The van der Waals surface area contributed by atoms with Crippen LogP contribution in [0.5, 0.6) is 0 Å². The van der Waals surface area contributed by atoms with Crippen molar-refractivity contribution in [1.82, 2.24) is 0 Å². The predicted octanol–water partition coefficient (Wildman–Crippen LogP) is 4.61. The standard InChI is InChI=1S/C19H26O6/c1-12(2)16-10-7-14(4)11-17(16)22-19(21)24-25-23-18(20)15-8-5-13(3)6-9-15/h5-6,8-9,12,14,16-17H,7,10-11H2,1-4H3. The molecule has 0 aromatic heterocycles. The molecule has 0 radical (unpaired) electrons. The smallest absolute Gasteiger partial charge is 0.429 e. The van der Waals surface area contributed by atoms with Gasteiger partial charge < -0.3 is 4.74 Å². The molecule has 1 saturated carbocycles. The molecule has 1 aromatic carbocycles. The third kappa shape index (κ3) is 5.74. The lowest BCUT2D eigenvalue weighted by Crippen LogP contribution is -2.36. The zero-order chi connectivity index (χ0) is 18.4. The number of rotatable bonds is 5. The number of hydrogen-bond donors (Lipinski definition) is 0. The van der Waals surface area contributed by atoms with Crippen LogP contribution in [-0.4, -0.2) is 18.2 Å². The van der Waals surface area contributed by atoms with E-state index in [1.807, 2.05) is 6.92 Å². The minimum absolute atomic E-state index is 0.215. The van der Waals surface area contributed by atoms with Gasteiger partial charge in [0.25, 0.3) is 0 Å². The minimum Gasteiger partial charge on any atom is -0.429 e. The number of ether oxygens (including phenoxy) is 1. The maximum atomic E-state index is 11.8. The van der Waals surface area contributed by atoms with Crippen molar-refractivity contribution in [2.24, 2.45) is 17.8 Å². The first-order valence-corrected chi connectivity index (χ1v) is 8.69. The van der Waals surface area contributed by atoms with Gasteiger partial charge in [-0.05, 0) is 49.7 Å².